The second-order valence-electron chi connectivity index (χ2n) is 4.00. The molecule has 0 unspecified atom stereocenters. The summed E-state index contributed by atoms with van der Waals surface area (Å²) in [5, 5.41) is 3.37. The van der Waals surface area contributed by atoms with Crippen molar-refractivity contribution in [2.24, 2.45) is 0 Å². The number of hydrogen-bond acceptors (Lipinski definition) is 1. The minimum atomic E-state index is -0.153. The zero-order chi connectivity index (χ0) is 11.8. The number of halogens is 1. The summed E-state index contributed by atoms with van der Waals surface area (Å²) in [5.41, 5.74) is 2.26. The molecule has 0 amide bonds. The minimum absolute atomic E-state index is 0.153. The summed E-state index contributed by atoms with van der Waals surface area (Å²) < 4.78 is 12.9. The fourth-order valence-corrected chi connectivity index (χ4v) is 1.66. The lowest BCUT2D eigenvalue weighted by Crippen LogP contribution is -2.18. The van der Waals surface area contributed by atoms with E-state index in [9.17, 15) is 4.39 Å². The van der Waals surface area contributed by atoms with Gasteiger partial charge in [-0.3, -0.25) is 0 Å². The van der Waals surface area contributed by atoms with E-state index in [0.29, 0.717) is 0 Å². The number of unbranched alkanes of at least 4 members (excludes halogenated alkanes) is 1. The second kappa shape index (κ2) is 7.18. The fourth-order valence-electron chi connectivity index (χ4n) is 1.66. The molecule has 0 saturated heterocycles. The first-order chi connectivity index (χ1) is 7.74. The molecule has 16 heavy (non-hydrogen) atoms. The van der Waals surface area contributed by atoms with E-state index in [1.807, 2.05) is 19.1 Å². The molecule has 0 aromatic heterocycles. The summed E-state index contributed by atoms with van der Waals surface area (Å²) in [6.07, 6.45) is 5.08. The molecule has 0 aliphatic heterocycles. The topological polar surface area (TPSA) is 12.0 Å². The van der Waals surface area contributed by atoms with E-state index >= 15 is 0 Å². The van der Waals surface area contributed by atoms with Gasteiger partial charge in [0.2, 0.25) is 0 Å². The van der Waals surface area contributed by atoms with Crippen molar-refractivity contribution >= 4 is 0 Å². The maximum absolute atomic E-state index is 12.9. The van der Waals surface area contributed by atoms with Gasteiger partial charge in [-0.2, -0.15) is 0 Å². The Kier molecular flexibility index (Phi) is 5.79. The highest BCUT2D eigenvalue weighted by molar-refractivity contribution is 5.26. The maximum atomic E-state index is 12.9. The van der Waals surface area contributed by atoms with Crippen molar-refractivity contribution in [3.8, 4) is 0 Å². The number of nitrogens with one attached hydrogen (secondary N) is 1. The summed E-state index contributed by atoms with van der Waals surface area (Å²) in [5.74, 6) is -0.153. The molecule has 0 fully saturated rings. The van der Waals surface area contributed by atoms with Crippen LogP contribution in [0.2, 0.25) is 0 Å². The van der Waals surface area contributed by atoms with Crippen molar-refractivity contribution in [1.82, 2.24) is 5.32 Å². The molecule has 1 N–H and O–H groups in total. The molecule has 0 aliphatic carbocycles. The molecule has 0 spiro atoms. The van der Waals surface area contributed by atoms with E-state index < -0.39 is 0 Å². The lowest BCUT2D eigenvalue weighted by Gasteiger charge is -2.07. The van der Waals surface area contributed by atoms with Crippen LogP contribution in [0.4, 0.5) is 4.39 Å². The van der Waals surface area contributed by atoms with E-state index in [4.69, 9.17) is 0 Å². The minimum Gasteiger partial charge on any atom is -0.316 e. The van der Waals surface area contributed by atoms with Crippen LogP contribution in [0.25, 0.3) is 0 Å². The van der Waals surface area contributed by atoms with Crippen molar-refractivity contribution in [3.05, 3.63) is 47.8 Å². The van der Waals surface area contributed by atoms with Crippen molar-refractivity contribution in [2.75, 3.05) is 13.1 Å². The predicted molar refractivity (Wildman–Crippen MR) is 67.1 cm³/mol. The number of hydrogen-bond donors (Lipinski definition) is 1. The molecule has 0 heterocycles. The first kappa shape index (κ1) is 12.9. The van der Waals surface area contributed by atoms with E-state index in [-0.39, 0.29) is 5.82 Å². The van der Waals surface area contributed by atoms with Crippen LogP contribution >= 0.6 is 0 Å². The van der Waals surface area contributed by atoms with Crippen LogP contribution in [0.1, 0.15) is 24.0 Å². The second-order valence-corrected chi connectivity index (χ2v) is 4.00. The van der Waals surface area contributed by atoms with Crippen molar-refractivity contribution in [1.29, 1.82) is 0 Å². The van der Waals surface area contributed by atoms with Gasteiger partial charge in [-0.05, 0) is 62.5 Å². The average molecular weight is 221 g/mol. The van der Waals surface area contributed by atoms with Crippen LogP contribution in [0.15, 0.2) is 30.9 Å². The SMILES string of the molecule is C=CCCCNCCc1ccc(F)cc1C. The summed E-state index contributed by atoms with van der Waals surface area (Å²) in [4.78, 5) is 0. The number of benzene rings is 1. The van der Waals surface area contributed by atoms with E-state index in [1.54, 1.807) is 6.07 Å². The van der Waals surface area contributed by atoms with Gasteiger partial charge in [0, 0.05) is 0 Å². The van der Waals surface area contributed by atoms with E-state index in [0.717, 1.165) is 37.9 Å². The number of rotatable bonds is 7. The van der Waals surface area contributed by atoms with Gasteiger partial charge in [-0.25, -0.2) is 4.39 Å². The van der Waals surface area contributed by atoms with Crippen LogP contribution in [-0.2, 0) is 6.42 Å². The zero-order valence-corrected chi connectivity index (χ0v) is 9.93. The van der Waals surface area contributed by atoms with Crippen LogP contribution in [0.3, 0.4) is 0 Å². The molecule has 0 atom stereocenters. The number of allylic oxidation sites excluding steroid dienone is 1. The molecule has 2 heteroatoms. The van der Waals surface area contributed by atoms with Crippen molar-refractivity contribution in [3.63, 3.8) is 0 Å². The zero-order valence-electron chi connectivity index (χ0n) is 9.93. The van der Waals surface area contributed by atoms with Gasteiger partial charge in [-0.15, -0.1) is 6.58 Å². The van der Waals surface area contributed by atoms with Gasteiger partial charge in [0.25, 0.3) is 0 Å². The highest BCUT2D eigenvalue weighted by Gasteiger charge is 1.99. The third-order valence-corrected chi connectivity index (χ3v) is 2.64. The Hall–Kier alpha value is -1.15. The first-order valence-corrected chi connectivity index (χ1v) is 5.80. The van der Waals surface area contributed by atoms with Gasteiger partial charge < -0.3 is 5.32 Å². The van der Waals surface area contributed by atoms with Crippen LogP contribution in [0.5, 0.6) is 0 Å². The quantitative estimate of drug-likeness (QED) is 0.550. The third kappa shape index (κ3) is 4.58. The Morgan fingerprint density at radius 1 is 1.38 bits per heavy atom. The average Bonchev–Trinajstić information content (AvgIpc) is 2.26. The molecule has 0 radical (unpaired) electrons. The largest absolute Gasteiger partial charge is 0.316 e. The monoisotopic (exact) mass is 221 g/mol. The molecule has 0 bridgehead atoms. The first-order valence-electron chi connectivity index (χ1n) is 5.80. The number of aryl methyl sites for hydroxylation is 1. The van der Waals surface area contributed by atoms with Gasteiger partial charge in [0.15, 0.2) is 0 Å². The molecular formula is C14H20FN. The summed E-state index contributed by atoms with van der Waals surface area (Å²) in [7, 11) is 0. The summed E-state index contributed by atoms with van der Waals surface area (Å²) in [6, 6.07) is 4.99. The van der Waals surface area contributed by atoms with Crippen LogP contribution in [-0.4, -0.2) is 13.1 Å². The lowest BCUT2D eigenvalue weighted by molar-refractivity contribution is 0.623. The van der Waals surface area contributed by atoms with Gasteiger partial charge in [0.1, 0.15) is 5.82 Å². The molecule has 1 rings (SSSR count). The van der Waals surface area contributed by atoms with Crippen LogP contribution in [0, 0.1) is 12.7 Å². The molecule has 88 valence electrons. The summed E-state index contributed by atoms with van der Waals surface area (Å²) in [6.45, 7) is 7.61. The van der Waals surface area contributed by atoms with Crippen molar-refractivity contribution in [2.45, 2.75) is 26.2 Å². The van der Waals surface area contributed by atoms with Crippen LogP contribution < -0.4 is 5.32 Å². The molecular weight excluding hydrogens is 201 g/mol. The fraction of sp³-hybridized carbons (Fsp3) is 0.429. The highest BCUT2D eigenvalue weighted by Crippen LogP contribution is 2.10. The smallest absolute Gasteiger partial charge is 0.123 e. The molecule has 0 aliphatic rings. The summed E-state index contributed by atoms with van der Waals surface area (Å²) >= 11 is 0. The predicted octanol–water partition coefficient (Wildman–Crippen LogP) is 3.23. The van der Waals surface area contributed by atoms with Gasteiger partial charge >= 0.3 is 0 Å². The van der Waals surface area contributed by atoms with E-state index in [2.05, 4.69) is 11.9 Å². The Balaban J connectivity index is 2.24. The molecule has 0 saturated carbocycles. The highest BCUT2D eigenvalue weighted by atomic mass is 19.1. The Morgan fingerprint density at radius 3 is 2.88 bits per heavy atom. The molecule has 1 nitrogen and oxygen atoms in total. The Morgan fingerprint density at radius 2 is 2.19 bits per heavy atom. The van der Waals surface area contributed by atoms with Gasteiger partial charge in [0.05, 0.1) is 0 Å². The lowest BCUT2D eigenvalue weighted by atomic mass is 10.1. The molecule has 1 aromatic rings. The standard InChI is InChI=1S/C14H20FN/c1-3-4-5-9-16-10-8-13-6-7-14(15)11-12(13)2/h3,6-7,11,16H,1,4-5,8-10H2,2H3. The molecule has 1 aromatic carbocycles. The Bertz CT molecular complexity index is 334. The normalized spacial score (nSPS) is 10.4. The maximum Gasteiger partial charge on any atom is 0.123 e. The Labute approximate surface area is 97.4 Å². The van der Waals surface area contributed by atoms with E-state index in [1.165, 1.54) is 11.6 Å². The van der Waals surface area contributed by atoms with Crippen molar-refractivity contribution < 1.29 is 4.39 Å². The third-order valence-electron chi connectivity index (χ3n) is 2.64. The van der Waals surface area contributed by atoms with Gasteiger partial charge in [-0.1, -0.05) is 12.1 Å².